The maximum atomic E-state index is 16.0. The molecule has 4 aromatic heterocycles. The van der Waals surface area contributed by atoms with Crippen LogP contribution in [0.25, 0.3) is 16.9 Å². The van der Waals surface area contributed by atoms with Crippen molar-refractivity contribution in [1.82, 2.24) is 33.9 Å². The van der Waals surface area contributed by atoms with E-state index in [2.05, 4.69) is 44.8 Å². The number of imidazole rings is 1. The SMILES string of the molecule is Nc1ccnc2c1nnn2[C@@H]1O[C@@H]2COP(=O)(S)O[C@@H]3[C@H](O)[C@@H](COP(=O)(S)O[C@H]2[C@@H]1F)O[C@H]3n1ccc(=O)n2ccnc12. The fourth-order valence-electron chi connectivity index (χ4n) is 5.23. The number of rotatable bonds is 2. The number of hydrogen-bond donors (Lipinski definition) is 4. The maximum Gasteiger partial charge on any atom is 0.386 e. The first-order valence-corrected chi connectivity index (χ1v) is 18.3. The second-order valence-corrected chi connectivity index (χ2v) is 15.8. The Labute approximate surface area is 255 Å². The van der Waals surface area contributed by atoms with Crippen molar-refractivity contribution in [3.8, 4) is 0 Å². The van der Waals surface area contributed by atoms with E-state index >= 15 is 4.39 Å². The number of halogens is 1. The largest absolute Gasteiger partial charge is 0.397 e. The zero-order valence-electron chi connectivity index (χ0n) is 22.0. The van der Waals surface area contributed by atoms with Crippen LogP contribution in [0.2, 0.25) is 0 Å². The molecule has 3 saturated heterocycles. The molecular weight excluding hydrogens is 669 g/mol. The third kappa shape index (κ3) is 5.28. The number of aromatic nitrogens is 7. The molecule has 7 rings (SSSR count). The van der Waals surface area contributed by atoms with Crippen molar-refractivity contribution >= 4 is 60.7 Å². The number of ether oxygens (including phenoxy) is 2. The van der Waals surface area contributed by atoms with Crippen LogP contribution in [0.15, 0.2) is 41.7 Å². The zero-order chi connectivity index (χ0) is 31.0. The summed E-state index contributed by atoms with van der Waals surface area (Å²) >= 11 is 8.06. The first-order chi connectivity index (χ1) is 20.9. The second kappa shape index (κ2) is 11.1. The van der Waals surface area contributed by atoms with Crippen LogP contribution in [-0.4, -0.2) is 88.9 Å². The van der Waals surface area contributed by atoms with E-state index in [1.165, 1.54) is 45.9 Å². The highest BCUT2D eigenvalue weighted by atomic mass is 32.7. The van der Waals surface area contributed by atoms with Crippen LogP contribution in [0.4, 0.5) is 10.1 Å². The van der Waals surface area contributed by atoms with Gasteiger partial charge in [0.2, 0.25) is 5.78 Å². The van der Waals surface area contributed by atoms with E-state index in [9.17, 15) is 19.0 Å². The summed E-state index contributed by atoms with van der Waals surface area (Å²) in [6.45, 7) is -10.00. The number of nitrogens with zero attached hydrogens (tertiary/aromatic N) is 7. The zero-order valence-corrected chi connectivity index (χ0v) is 25.6. The number of pyridine rings is 1. The molecule has 236 valence electrons. The minimum Gasteiger partial charge on any atom is -0.397 e. The number of anilines is 1. The number of hydrogen-bond acceptors (Lipinski definition) is 15. The summed E-state index contributed by atoms with van der Waals surface area (Å²) < 4.78 is 80.2. The summed E-state index contributed by atoms with van der Waals surface area (Å²) in [6.07, 6.45) is -6.59. The molecule has 0 radical (unpaired) electrons. The second-order valence-electron chi connectivity index (χ2n) is 10.00. The van der Waals surface area contributed by atoms with Crippen molar-refractivity contribution in [3.63, 3.8) is 0 Å². The van der Waals surface area contributed by atoms with Crippen molar-refractivity contribution in [2.45, 2.75) is 49.1 Å². The van der Waals surface area contributed by atoms with Gasteiger partial charge in [0, 0.05) is 30.9 Å². The van der Waals surface area contributed by atoms with Crippen LogP contribution >= 0.6 is 38.1 Å². The van der Waals surface area contributed by atoms with Gasteiger partial charge in [-0.3, -0.25) is 31.9 Å². The molecule has 0 amide bonds. The van der Waals surface area contributed by atoms with Crippen LogP contribution in [0.3, 0.4) is 0 Å². The summed E-state index contributed by atoms with van der Waals surface area (Å²) in [5.41, 5.74) is 6.06. The minimum absolute atomic E-state index is 0.101. The van der Waals surface area contributed by atoms with E-state index in [0.717, 1.165) is 4.68 Å². The van der Waals surface area contributed by atoms with E-state index in [4.69, 9.17) is 33.3 Å². The van der Waals surface area contributed by atoms with Gasteiger partial charge in [0.25, 0.3) is 5.56 Å². The van der Waals surface area contributed by atoms with Gasteiger partial charge in [-0.05, 0) is 6.07 Å². The molecule has 0 spiro atoms. The highest BCUT2D eigenvalue weighted by Crippen LogP contribution is 2.60. The number of aliphatic hydroxyl groups excluding tert-OH is 1. The number of nitrogens with two attached hydrogens (primary N) is 1. The maximum absolute atomic E-state index is 16.0. The summed E-state index contributed by atoms with van der Waals surface area (Å²) in [7, 11) is 0. The molecule has 44 heavy (non-hydrogen) atoms. The average molecular weight is 693 g/mol. The molecule has 0 saturated carbocycles. The van der Waals surface area contributed by atoms with Crippen molar-refractivity contribution in [2.24, 2.45) is 0 Å². The van der Waals surface area contributed by atoms with Crippen molar-refractivity contribution in [3.05, 3.63) is 47.3 Å². The molecule has 7 heterocycles. The third-order valence-corrected chi connectivity index (χ3v) is 10.5. The van der Waals surface area contributed by atoms with E-state index < -0.39 is 81.5 Å². The van der Waals surface area contributed by atoms with E-state index in [0.29, 0.717) is 0 Å². The molecule has 3 N–H and O–H groups in total. The van der Waals surface area contributed by atoms with Crippen LogP contribution in [-0.2, 0) is 36.7 Å². The van der Waals surface area contributed by atoms with Gasteiger partial charge in [-0.25, -0.2) is 23.5 Å². The molecule has 0 aromatic carbocycles. The van der Waals surface area contributed by atoms with Gasteiger partial charge in [0.15, 0.2) is 29.8 Å². The molecule has 23 heteroatoms. The summed E-state index contributed by atoms with van der Waals surface area (Å²) in [4.78, 5) is 20.5. The highest BCUT2D eigenvalue weighted by Gasteiger charge is 2.54. The molecular formula is C21H23FN8O10P2S2. The lowest BCUT2D eigenvalue weighted by atomic mass is 10.1. The Kier molecular flexibility index (Phi) is 7.65. The fourth-order valence-corrected chi connectivity index (χ4v) is 8.17. The molecule has 18 nitrogen and oxygen atoms in total. The molecule has 0 aliphatic carbocycles. The van der Waals surface area contributed by atoms with Gasteiger partial charge in [0.1, 0.15) is 30.5 Å². The quantitative estimate of drug-likeness (QED) is 0.172. The van der Waals surface area contributed by atoms with Crippen molar-refractivity contribution in [1.29, 1.82) is 0 Å². The lowest BCUT2D eigenvalue weighted by molar-refractivity contribution is -0.0589. The summed E-state index contributed by atoms with van der Waals surface area (Å²) in [6, 6.07) is 2.71. The van der Waals surface area contributed by atoms with Crippen LogP contribution in [0, 0.1) is 0 Å². The fraction of sp³-hybridized carbons (Fsp3) is 0.476. The Morgan fingerprint density at radius 3 is 2.45 bits per heavy atom. The first kappa shape index (κ1) is 30.2. The van der Waals surface area contributed by atoms with Gasteiger partial charge >= 0.3 is 13.6 Å². The first-order valence-electron chi connectivity index (χ1n) is 12.9. The lowest BCUT2D eigenvalue weighted by Gasteiger charge is -2.27. The van der Waals surface area contributed by atoms with Gasteiger partial charge in [-0.2, -0.15) is 4.68 Å². The Morgan fingerprint density at radius 1 is 0.977 bits per heavy atom. The summed E-state index contributed by atoms with van der Waals surface area (Å²) in [5, 5.41) is 18.9. The van der Waals surface area contributed by atoms with Crippen molar-refractivity contribution in [2.75, 3.05) is 18.9 Å². The molecule has 2 unspecified atom stereocenters. The number of aliphatic hydroxyl groups is 1. The molecule has 10 atom stereocenters. The molecule has 3 aliphatic heterocycles. The topological polar surface area (TPSA) is 219 Å². The van der Waals surface area contributed by atoms with E-state index in [-0.39, 0.29) is 22.6 Å². The molecule has 3 aliphatic rings. The van der Waals surface area contributed by atoms with Crippen LogP contribution < -0.4 is 11.3 Å². The van der Waals surface area contributed by atoms with Crippen LogP contribution in [0.1, 0.15) is 12.5 Å². The predicted octanol–water partition coefficient (Wildman–Crippen LogP) is 1.30. The number of nitrogen functional groups attached to an aromatic ring is 1. The smallest absolute Gasteiger partial charge is 0.386 e. The van der Waals surface area contributed by atoms with E-state index in [1.807, 2.05) is 0 Å². The van der Waals surface area contributed by atoms with Crippen molar-refractivity contribution < 1.29 is 46.2 Å². The number of alkyl halides is 1. The van der Waals surface area contributed by atoms with Gasteiger partial charge in [-0.15, -0.1) is 5.10 Å². The normalized spacial score (nSPS) is 38.3. The lowest BCUT2D eigenvalue weighted by Crippen LogP contribution is -2.35. The molecule has 3 fully saturated rings. The van der Waals surface area contributed by atoms with Crippen LogP contribution in [0.5, 0.6) is 0 Å². The third-order valence-electron chi connectivity index (χ3n) is 7.27. The number of fused-ring (bicyclic) bond motifs is 5. The Hall–Kier alpha value is -2.42. The summed E-state index contributed by atoms with van der Waals surface area (Å²) in [5.74, 6) is 0.114. The van der Waals surface area contributed by atoms with Gasteiger partial charge < -0.3 is 20.3 Å². The average Bonchev–Trinajstić information content (AvgIpc) is 3.75. The monoisotopic (exact) mass is 692 g/mol. The standard InChI is InChI=1S/C21H23FN8O10P2S2/c22-13-16-11(38-19(13)30-18-14(26-27-30)9(23)1-3-24-18)8-36-42(34,44)40-17-15(32)10(7-35-41(33,43)39-16)37-20(17)29-5-2-12(31)28-6-4-25-21(28)29/h1-6,10-11,13,15-17,19-20,32H,7-8H2,(H2,23,24)(H,33,43)(H,34,44)/t10-,11-,13+,15-,16-,17-,19-,20-,41?,42?/m1/s1. The molecule has 2 bridgehead atoms. The van der Waals surface area contributed by atoms with Gasteiger partial charge in [-0.1, -0.05) is 29.7 Å². The van der Waals surface area contributed by atoms with E-state index in [1.54, 1.807) is 0 Å². The highest BCUT2D eigenvalue weighted by molar-refractivity contribution is 8.44. The van der Waals surface area contributed by atoms with Gasteiger partial charge in [0.05, 0.1) is 18.9 Å². The Morgan fingerprint density at radius 2 is 1.68 bits per heavy atom. The minimum atomic E-state index is -4.38. The predicted molar refractivity (Wildman–Crippen MR) is 153 cm³/mol. The molecule has 4 aromatic rings. The Balaban J connectivity index is 1.21. The number of thiol groups is 2. The Bertz CT molecular complexity index is 1900.